The number of hydrogen-bond acceptors (Lipinski definition) is 5. The molecular weight excluding hydrogens is 330 g/mol. The third-order valence-electron chi connectivity index (χ3n) is 4.85. The van der Waals surface area contributed by atoms with Crippen LogP contribution in [0.2, 0.25) is 0 Å². The van der Waals surface area contributed by atoms with Gasteiger partial charge in [0.2, 0.25) is 0 Å². The summed E-state index contributed by atoms with van der Waals surface area (Å²) in [4.78, 5) is 13.0. The number of piperidine rings is 1. The predicted octanol–water partition coefficient (Wildman–Crippen LogP) is 2.99. The van der Waals surface area contributed by atoms with Crippen LogP contribution in [0, 0.1) is 16.0 Å². The largest absolute Gasteiger partial charge is 0.496 e. The summed E-state index contributed by atoms with van der Waals surface area (Å²) in [5.74, 6) is 1.65. The zero-order valence-corrected chi connectivity index (χ0v) is 14.9. The molecular formula is C17H26ClN3O3. The fourth-order valence-electron chi connectivity index (χ4n) is 3.19. The Morgan fingerprint density at radius 2 is 2.00 bits per heavy atom. The number of ether oxygens (including phenoxy) is 1. The highest BCUT2D eigenvalue weighted by molar-refractivity contribution is 5.85. The van der Waals surface area contributed by atoms with E-state index in [2.05, 4.69) is 10.2 Å². The number of rotatable bonds is 7. The Balaban J connectivity index is 0.00000208. The first kappa shape index (κ1) is 19.0. The first-order chi connectivity index (χ1) is 11.2. The third kappa shape index (κ3) is 5.06. The van der Waals surface area contributed by atoms with Crippen molar-refractivity contribution < 1.29 is 9.66 Å². The average molecular weight is 356 g/mol. The van der Waals surface area contributed by atoms with Crippen molar-refractivity contribution in [1.29, 1.82) is 0 Å². The maximum Gasteiger partial charge on any atom is 0.270 e. The second-order valence-electron chi connectivity index (χ2n) is 6.66. The molecule has 0 bridgehead atoms. The molecule has 1 aromatic carbocycles. The maximum atomic E-state index is 11.0. The van der Waals surface area contributed by atoms with Gasteiger partial charge in [-0.1, -0.05) is 0 Å². The zero-order valence-electron chi connectivity index (χ0n) is 14.1. The van der Waals surface area contributed by atoms with Crippen LogP contribution >= 0.6 is 12.4 Å². The Bertz CT molecular complexity index is 558. The summed E-state index contributed by atoms with van der Waals surface area (Å²) < 4.78 is 5.35. The van der Waals surface area contributed by atoms with Crippen LogP contribution in [0.25, 0.3) is 0 Å². The summed E-state index contributed by atoms with van der Waals surface area (Å²) >= 11 is 0. The molecule has 1 aliphatic carbocycles. The van der Waals surface area contributed by atoms with Gasteiger partial charge >= 0.3 is 0 Å². The molecule has 0 aromatic heterocycles. The van der Waals surface area contributed by atoms with E-state index in [4.69, 9.17) is 4.74 Å². The molecule has 134 valence electrons. The number of likely N-dealkylation sites (tertiary alicyclic amines) is 1. The lowest BCUT2D eigenvalue weighted by atomic mass is 10.0. The van der Waals surface area contributed by atoms with Gasteiger partial charge in [0.05, 0.1) is 12.0 Å². The van der Waals surface area contributed by atoms with Gasteiger partial charge in [-0.05, 0) is 57.3 Å². The van der Waals surface area contributed by atoms with Gasteiger partial charge in [0.15, 0.2) is 0 Å². The van der Waals surface area contributed by atoms with Gasteiger partial charge in [-0.25, -0.2) is 0 Å². The first-order valence-electron chi connectivity index (χ1n) is 8.42. The minimum absolute atomic E-state index is 0. The molecule has 0 spiro atoms. The van der Waals surface area contributed by atoms with Crippen LogP contribution in [-0.4, -0.2) is 42.6 Å². The van der Waals surface area contributed by atoms with Crippen molar-refractivity contribution in [3.63, 3.8) is 0 Å². The first-order valence-corrected chi connectivity index (χ1v) is 8.42. The van der Waals surface area contributed by atoms with E-state index < -0.39 is 0 Å². The lowest BCUT2D eigenvalue weighted by molar-refractivity contribution is -0.385. The standard InChI is InChI=1S/C17H25N3O3.ClH/c1-23-17-5-4-16(20(21)22)10-14(17)12-19-8-6-15(7-9-19)18-11-13-2-3-13;/h4-5,10,13,15,18H,2-3,6-9,11-12H2,1H3;1H. The SMILES string of the molecule is COc1ccc([N+](=O)[O-])cc1CN1CCC(NCC2CC2)CC1.Cl. The van der Waals surface area contributed by atoms with Gasteiger partial charge in [0.25, 0.3) is 5.69 Å². The van der Waals surface area contributed by atoms with E-state index in [9.17, 15) is 10.1 Å². The van der Waals surface area contributed by atoms with Crippen LogP contribution in [0.5, 0.6) is 5.75 Å². The molecule has 0 unspecified atom stereocenters. The second kappa shape index (κ2) is 8.65. The fourth-order valence-corrected chi connectivity index (χ4v) is 3.19. The van der Waals surface area contributed by atoms with Crippen LogP contribution in [0.1, 0.15) is 31.2 Å². The second-order valence-corrected chi connectivity index (χ2v) is 6.66. The molecule has 6 nitrogen and oxygen atoms in total. The number of benzene rings is 1. The number of methoxy groups -OCH3 is 1. The van der Waals surface area contributed by atoms with Gasteiger partial charge in [-0.2, -0.15) is 0 Å². The van der Waals surface area contributed by atoms with Crippen LogP contribution in [-0.2, 0) is 6.54 Å². The van der Waals surface area contributed by atoms with Gasteiger partial charge in [-0.3, -0.25) is 15.0 Å². The summed E-state index contributed by atoms with van der Waals surface area (Å²) in [5, 5.41) is 14.6. The molecule has 1 aromatic rings. The van der Waals surface area contributed by atoms with Crippen molar-refractivity contribution in [1.82, 2.24) is 10.2 Å². The van der Waals surface area contributed by atoms with E-state index >= 15 is 0 Å². The van der Waals surface area contributed by atoms with E-state index in [-0.39, 0.29) is 23.0 Å². The highest BCUT2D eigenvalue weighted by Crippen LogP contribution is 2.29. The molecule has 2 fully saturated rings. The summed E-state index contributed by atoms with van der Waals surface area (Å²) in [5.41, 5.74) is 1.02. The Labute approximate surface area is 149 Å². The number of hydrogen-bond donors (Lipinski definition) is 1. The van der Waals surface area contributed by atoms with Gasteiger partial charge in [0, 0.05) is 30.3 Å². The minimum atomic E-state index is -0.350. The number of nitrogens with zero attached hydrogens (tertiary/aromatic N) is 2. The van der Waals surface area contributed by atoms with Crippen LogP contribution in [0.15, 0.2) is 18.2 Å². The highest BCUT2D eigenvalue weighted by Gasteiger charge is 2.25. The summed E-state index contributed by atoms with van der Waals surface area (Å²) in [6.07, 6.45) is 5.06. The van der Waals surface area contributed by atoms with Crippen molar-refractivity contribution in [2.45, 2.75) is 38.3 Å². The Kier molecular flexibility index (Phi) is 6.83. The van der Waals surface area contributed by atoms with Gasteiger partial charge in [0.1, 0.15) is 5.75 Å². The molecule has 1 aliphatic heterocycles. The summed E-state index contributed by atoms with van der Waals surface area (Å²) in [6, 6.07) is 5.45. The van der Waals surface area contributed by atoms with E-state index in [1.807, 2.05) is 0 Å². The third-order valence-corrected chi connectivity index (χ3v) is 4.85. The molecule has 2 aliphatic rings. The molecule has 0 amide bonds. The molecule has 0 atom stereocenters. The van der Waals surface area contributed by atoms with Crippen molar-refractivity contribution in [2.75, 3.05) is 26.7 Å². The molecule has 1 N–H and O–H groups in total. The number of nitro groups is 1. The summed E-state index contributed by atoms with van der Waals surface area (Å²) in [6.45, 7) is 3.92. The fraction of sp³-hybridized carbons (Fsp3) is 0.647. The van der Waals surface area contributed by atoms with Gasteiger partial charge in [-0.15, -0.1) is 12.4 Å². The van der Waals surface area contributed by atoms with Crippen molar-refractivity contribution in [2.24, 2.45) is 5.92 Å². The summed E-state index contributed by atoms with van der Waals surface area (Å²) in [7, 11) is 1.61. The lowest BCUT2D eigenvalue weighted by Gasteiger charge is -2.32. The van der Waals surface area contributed by atoms with Crippen molar-refractivity contribution >= 4 is 18.1 Å². The van der Waals surface area contributed by atoms with Gasteiger partial charge < -0.3 is 10.1 Å². The van der Waals surface area contributed by atoms with Crippen LogP contribution in [0.4, 0.5) is 5.69 Å². The number of nitrogens with one attached hydrogen (secondary N) is 1. The van der Waals surface area contributed by atoms with Crippen LogP contribution < -0.4 is 10.1 Å². The van der Waals surface area contributed by atoms with Crippen molar-refractivity contribution in [3.05, 3.63) is 33.9 Å². The predicted molar refractivity (Wildman–Crippen MR) is 95.9 cm³/mol. The minimum Gasteiger partial charge on any atom is -0.496 e. The monoisotopic (exact) mass is 355 g/mol. The number of non-ortho nitro benzene ring substituents is 1. The molecule has 1 saturated heterocycles. The normalized spacial score (nSPS) is 18.9. The lowest BCUT2D eigenvalue weighted by Crippen LogP contribution is -2.42. The molecule has 24 heavy (non-hydrogen) atoms. The van der Waals surface area contributed by atoms with Crippen molar-refractivity contribution in [3.8, 4) is 5.75 Å². The Morgan fingerprint density at radius 3 is 2.58 bits per heavy atom. The quantitative estimate of drug-likeness (QED) is 0.601. The smallest absolute Gasteiger partial charge is 0.270 e. The maximum absolute atomic E-state index is 11.0. The topological polar surface area (TPSA) is 67.6 Å². The van der Waals surface area contributed by atoms with E-state index in [0.29, 0.717) is 12.6 Å². The Hall–Kier alpha value is -1.37. The van der Waals surface area contributed by atoms with Crippen LogP contribution in [0.3, 0.4) is 0 Å². The molecule has 1 saturated carbocycles. The molecule has 3 rings (SSSR count). The zero-order chi connectivity index (χ0) is 16.2. The van der Waals surface area contributed by atoms with E-state index in [1.54, 1.807) is 19.2 Å². The molecule has 0 radical (unpaired) electrons. The highest BCUT2D eigenvalue weighted by atomic mass is 35.5. The van der Waals surface area contributed by atoms with E-state index in [0.717, 1.165) is 43.2 Å². The molecule has 7 heteroatoms. The van der Waals surface area contributed by atoms with E-state index in [1.165, 1.54) is 25.5 Å². The Morgan fingerprint density at radius 1 is 1.29 bits per heavy atom. The number of nitro benzene ring substituents is 1. The average Bonchev–Trinajstić information content (AvgIpc) is 3.38. The molecule has 1 heterocycles. The number of halogens is 1.